The highest BCUT2D eigenvalue weighted by Crippen LogP contribution is 2.17. The molecule has 1 aromatic carbocycles. The van der Waals surface area contributed by atoms with Gasteiger partial charge in [-0.1, -0.05) is 18.2 Å². The van der Waals surface area contributed by atoms with Crippen LogP contribution >= 0.6 is 0 Å². The molecule has 0 saturated carbocycles. The van der Waals surface area contributed by atoms with E-state index < -0.39 is 0 Å². The number of H-pyrrole nitrogens is 1. The van der Waals surface area contributed by atoms with Crippen molar-refractivity contribution in [3.63, 3.8) is 0 Å². The Hall–Kier alpha value is -1.74. The predicted octanol–water partition coefficient (Wildman–Crippen LogP) is 1.25. The molecule has 17 heavy (non-hydrogen) atoms. The fourth-order valence-corrected chi connectivity index (χ4v) is 1.99. The lowest BCUT2D eigenvalue weighted by molar-refractivity contribution is -0.376. The van der Waals surface area contributed by atoms with E-state index in [1.807, 2.05) is 30.5 Å². The molecule has 3 heteroatoms. The first-order valence-corrected chi connectivity index (χ1v) is 6.04. The lowest BCUT2D eigenvalue weighted by Crippen LogP contribution is -2.50. The van der Waals surface area contributed by atoms with Crippen molar-refractivity contribution in [1.29, 1.82) is 0 Å². The van der Waals surface area contributed by atoms with Gasteiger partial charge in [-0.2, -0.15) is 0 Å². The number of carbonyl (C=O) groups is 1. The smallest absolute Gasteiger partial charge is 0.178 e. The van der Waals surface area contributed by atoms with Crippen molar-refractivity contribution in [1.82, 2.24) is 0 Å². The minimum absolute atomic E-state index is 0.214. The van der Waals surface area contributed by atoms with E-state index >= 15 is 0 Å². The summed E-state index contributed by atoms with van der Waals surface area (Å²) in [6.07, 6.45) is 6.26. The Morgan fingerprint density at radius 3 is 2.82 bits per heavy atom. The van der Waals surface area contributed by atoms with E-state index in [9.17, 15) is 4.79 Å². The third-order valence-corrected chi connectivity index (χ3v) is 2.92. The van der Waals surface area contributed by atoms with Crippen LogP contribution in [0.3, 0.4) is 0 Å². The molecule has 0 aliphatic carbocycles. The topological polar surface area (TPSA) is 58.9 Å². The maximum Gasteiger partial charge on any atom is 0.178 e. The number of Topliss-reactive ketones (excluding diaryl/α,β-unsaturated/α-hetero) is 1. The normalized spacial score (nSPS) is 10.6. The Labute approximate surface area is 101 Å². The number of benzene rings is 1. The fraction of sp³-hybridized carbons (Fsp3) is 0.286. The first-order valence-electron chi connectivity index (χ1n) is 6.04. The van der Waals surface area contributed by atoms with Gasteiger partial charge >= 0.3 is 0 Å². The van der Waals surface area contributed by atoms with Crippen LogP contribution in [0.25, 0.3) is 10.8 Å². The van der Waals surface area contributed by atoms with E-state index in [2.05, 4.69) is 10.7 Å². The molecule has 1 heterocycles. The summed E-state index contributed by atoms with van der Waals surface area (Å²) in [7, 11) is 0. The van der Waals surface area contributed by atoms with Crippen molar-refractivity contribution >= 4 is 16.6 Å². The summed E-state index contributed by atoms with van der Waals surface area (Å²) in [6.45, 7) is 0.898. The van der Waals surface area contributed by atoms with Crippen molar-refractivity contribution in [2.75, 3.05) is 6.54 Å². The van der Waals surface area contributed by atoms with Gasteiger partial charge in [-0.05, 0) is 18.9 Å². The van der Waals surface area contributed by atoms with Gasteiger partial charge in [0.25, 0.3) is 0 Å². The second kappa shape index (κ2) is 5.55. The van der Waals surface area contributed by atoms with E-state index in [1.165, 1.54) is 0 Å². The van der Waals surface area contributed by atoms with E-state index in [1.54, 1.807) is 6.20 Å². The van der Waals surface area contributed by atoms with Gasteiger partial charge in [0, 0.05) is 17.2 Å². The number of unbranched alkanes of at least 4 members (excludes halogenated alkanes) is 1. The van der Waals surface area contributed by atoms with Gasteiger partial charge in [-0.25, -0.2) is 4.98 Å². The minimum atomic E-state index is 0.214. The maximum absolute atomic E-state index is 12.1. The minimum Gasteiger partial charge on any atom is -0.358 e. The Morgan fingerprint density at radius 2 is 2.00 bits per heavy atom. The summed E-state index contributed by atoms with van der Waals surface area (Å²) >= 11 is 0. The van der Waals surface area contributed by atoms with Crippen LogP contribution in [-0.4, -0.2) is 12.3 Å². The number of carbonyl (C=O) groups excluding carboxylic acids is 1. The van der Waals surface area contributed by atoms with Crippen LogP contribution in [0.15, 0.2) is 36.7 Å². The molecule has 0 fully saturated rings. The number of quaternary nitrogens is 1. The Bertz CT molecular complexity index is 517. The molecule has 0 aliphatic rings. The number of aromatic amines is 1. The average Bonchev–Trinajstić information content (AvgIpc) is 2.38. The number of hydrogen-bond donors (Lipinski definition) is 1. The number of ketones is 1. The molecular weight excluding hydrogens is 212 g/mol. The van der Waals surface area contributed by atoms with Gasteiger partial charge in [-0.3, -0.25) is 4.79 Å². The van der Waals surface area contributed by atoms with Crippen LogP contribution in [0.4, 0.5) is 0 Å². The molecule has 0 atom stereocenters. The van der Waals surface area contributed by atoms with Crippen molar-refractivity contribution in [2.45, 2.75) is 19.3 Å². The van der Waals surface area contributed by atoms with Gasteiger partial charge in [0.15, 0.2) is 18.2 Å². The first kappa shape index (κ1) is 11.7. The predicted molar refractivity (Wildman–Crippen MR) is 66.4 cm³/mol. The molecule has 0 amide bonds. The Kier molecular flexibility index (Phi) is 3.83. The van der Waals surface area contributed by atoms with Crippen molar-refractivity contribution in [2.24, 2.45) is 0 Å². The molecule has 0 radical (unpaired) electrons. The average molecular weight is 230 g/mol. The molecule has 2 rings (SSSR count). The van der Waals surface area contributed by atoms with E-state index in [0.29, 0.717) is 6.42 Å². The molecule has 0 bridgehead atoms. The van der Waals surface area contributed by atoms with Crippen LogP contribution in [0.2, 0.25) is 0 Å². The lowest BCUT2D eigenvalue weighted by Gasteiger charge is -2.01. The first-order chi connectivity index (χ1) is 8.33. The molecule has 0 unspecified atom stereocenters. The number of fused-ring (bicyclic) bond motifs is 1. The molecule has 2 aromatic rings. The number of hydrogen-bond acceptors (Lipinski definition) is 1. The molecule has 0 aliphatic heterocycles. The van der Waals surface area contributed by atoms with E-state index in [4.69, 9.17) is 0 Å². The van der Waals surface area contributed by atoms with Gasteiger partial charge in [0.1, 0.15) is 0 Å². The number of nitrogens with one attached hydrogen (secondary N) is 1. The Balaban J connectivity index is 2.26. The molecule has 4 N–H and O–H groups in total. The molecule has 1 aromatic heterocycles. The van der Waals surface area contributed by atoms with E-state index in [0.717, 1.165) is 35.7 Å². The second-order valence-electron chi connectivity index (χ2n) is 4.19. The maximum atomic E-state index is 12.1. The number of rotatable bonds is 5. The molecule has 0 saturated heterocycles. The summed E-state index contributed by atoms with van der Waals surface area (Å²) in [6, 6.07) is 7.96. The SMILES string of the molecule is [NH3+]CCCCC(=O)c1c[nH+]cc2ccccc12. The van der Waals surface area contributed by atoms with Gasteiger partial charge < -0.3 is 5.73 Å². The van der Waals surface area contributed by atoms with E-state index in [-0.39, 0.29) is 5.78 Å². The molecule has 88 valence electrons. The van der Waals surface area contributed by atoms with Crippen LogP contribution in [-0.2, 0) is 0 Å². The lowest BCUT2D eigenvalue weighted by atomic mass is 10.0. The van der Waals surface area contributed by atoms with Crippen LogP contribution in [0, 0.1) is 0 Å². The summed E-state index contributed by atoms with van der Waals surface area (Å²) in [5.74, 6) is 0.214. The highest BCUT2D eigenvalue weighted by Gasteiger charge is 2.12. The number of pyridine rings is 1. The van der Waals surface area contributed by atoms with Crippen molar-refractivity contribution < 1.29 is 15.5 Å². The van der Waals surface area contributed by atoms with Crippen molar-refractivity contribution in [3.8, 4) is 0 Å². The summed E-state index contributed by atoms with van der Waals surface area (Å²) < 4.78 is 0. The van der Waals surface area contributed by atoms with Gasteiger partial charge in [0.05, 0.1) is 12.1 Å². The summed E-state index contributed by atoms with van der Waals surface area (Å²) in [4.78, 5) is 15.1. The fourth-order valence-electron chi connectivity index (χ4n) is 1.99. The van der Waals surface area contributed by atoms with Crippen LogP contribution < -0.4 is 10.7 Å². The Morgan fingerprint density at radius 1 is 1.18 bits per heavy atom. The van der Waals surface area contributed by atoms with Crippen LogP contribution in [0.1, 0.15) is 29.6 Å². The molecule has 0 spiro atoms. The number of aromatic nitrogens is 1. The highest BCUT2D eigenvalue weighted by atomic mass is 16.1. The second-order valence-corrected chi connectivity index (χ2v) is 4.19. The third-order valence-electron chi connectivity index (χ3n) is 2.92. The van der Waals surface area contributed by atoms with Crippen LogP contribution in [0.5, 0.6) is 0 Å². The standard InChI is InChI=1S/C14H16N2O/c15-8-4-3-7-14(17)13-10-16-9-11-5-1-2-6-12(11)13/h1-2,5-6,9-10H,3-4,7-8,15H2/p+2. The monoisotopic (exact) mass is 230 g/mol. The quantitative estimate of drug-likeness (QED) is 0.610. The largest absolute Gasteiger partial charge is 0.358 e. The summed E-state index contributed by atoms with van der Waals surface area (Å²) in [5.41, 5.74) is 4.59. The van der Waals surface area contributed by atoms with Gasteiger partial charge in [-0.15, -0.1) is 0 Å². The third kappa shape index (κ3) is 2.68. The zero-order valence-corrected chi connectivity index (χ0v) is 9.91. The summed E-state index contributed by atoms with van der Waals surface area (Å²) in [5, 5.41) is 2.11. The zero-order valence-electron chi connectivity index (χ0n) is 9.91. The van der Waals surface area contributed by atoms with Gasteiger partial charge in [0.2, 0.25) is 0 Å². The zero-order chi connectivity index (χ0) is 12.1. The highest BCUT2D eigenvalue weighted by molar-refractivity contribution is 6.07. The molecule has 3 nitrogen and oxygen atoms in total. The van der Waals surface area contributed by atoms with Crippen molar-refractivity contribution in [3.05, 3.63) is 42.2 Å². The molecular formula is C14H18N2O+2.